The molecule has 2 aliphatic heterocycles. The largest absolute Gasteiger partial charge is 0.497 e. The summed E-state index contributed by atoms with van der Waals surface area (Å²) in [7, 11) is 1.71. The van der Waals surface area contributed by atoms with Crippen LogP contribution in [0.25, 0.3) is 0 Å². The molecular formula is C17H25NO3. The lowest BCUT2D eigenvalue weighted by Crippen LogP contribution is -2.65. The first-order valence-electron chi connectivity index (χ1n) is 7.84. The van der Waals surface area contributed by atoms with Gasteiger partial charge in [-0.3, -0.25) is 4.90 Å². The minimum Gasteiger partial charge on any atom is -0.497 e. The van der Waals surface area contributed by atoms with Crippen LogP contribution in [0.1, 0.15) is 25.3 Å². The van der Waals surface area contributed by atoms with Crippen molar-refractivity contribution in [3.05, 3.63) is 29.8 Å². The number of rotatable bonds is 5. The van der Waals surface area contributed by atoms with Crippen LogP contribution in [-0.4, -0.2) is 50.0 Å². The van der Waals surface area contributed by atoms with Gasteiger partial charge in [0.2, 0.25) is 0 Å². The Hall–Kier alpha value is -1.10. The van der Waals surface area contributed by atoms with Crippen molar-refractivity contribution in [3.8, 4) is 5.75 Å². The zero-order valence-corrected chi connectivity index (χ0v) is 13.0. The number of benzene rings is 1. The van der Waals surface area contributed by atoms with Gasteiger partial charge in [0.25, 0.3) is 0 Å². The van der Waals surface area contributed by atoms with E-state index in [1.807, 2.05) is 12.1 Å². The number of hydrogen-bond acceptors (Lipinski definition) is 4. The molecule has 2 heterocycles. The summed E-state index contributed by atoms with van der Waals surface area (Å²) in [6, 6.07) is 8.29. The summed E-state index contributed by atoms with van der Waals surface area (Å²) in [5.74, 6) is 0.924. The molecule has 1 aromatic rings. The van der Waals surface area contributed by atoms with Gasteiger partial charge in [-0.05, 0) is 31.0 Å². The molecule has 0 bridgehead atoms. The van der Waals surface area contributed by atoms with E-state index in [0.717, 1.165) is 51.4 Å². The van der Waals surface area contributed by atoms with Crippen LogP contribution in [-0.2, 0) is 16.0 Å². The van der Waals surface area contributed by atoms with E-state index in [9.17, 15) is 0 Å². The molecule has 1 atom stereocenters. The van der Waals surface area contributed by atoms with Crippen LogP contribution in [0.4, 0.5) is 0 Å². The molecule has 1 spiro atoms. The van der Waals surface area contributed by atoms with E-state index in [1.165, 1.54) is 5.56 Å². The number of methoxy groups -OCH3 is 1. The summed E-state index contributed by atoms with van der Waals surface area (Å²) in [5, 5.41) is 0. The van der Waals surface area contributed by atoms with Crippen molar-refractivity contribution in [2.45, 2.75) is 38.0 Å². The number of nitrogens with zero attached hydrogens (tertiary/aromatic N) is 1. The minimum atomic E-state index is 0.0386. The second kappa shape index (κ2) is 6.34. The number of likely N-dealkylation sites (tertiary alicyclic amines) is 1. The lowest BCUT2D eigenvalue weighted by atomic mass is 9.84. The highest BCUT2D eigenvalue weighted by Crippen LogP contribution is 2.36. The van der Waals surface area contributed by atoms with Gasteiger partial charge in [-0.1, -0.05) is 12.1 Å². The molecule has 2 saturated heterocycles. The Kier molecular flexibility index (Phi) is 4.48. The topological polar surface area (TPSA) is 30.9 Å². The van der Waals surface area contributed by atoms with Gasteiger partial charge in [-0.2, -0.15) is 0 Å². The third-order valence-corrected chi connectivity index (χ3v) is 4.41. The third kappa shape index (κ3) is 3.39. The van der Waals surface area contributed by atoms with Crippen molar-refractivity contribution in [3.63, 3.8) is 0 Å². The van der Waals surface area contributed by atoms with Crippen LogP contribution >= 0.6 is 0 Å². The van der Waals surface area contributed by atoms with Crippen LogP contribution in [0, 0.1) is 0 Å². The van der Waals surface area contributed by atoms with Gasteiger partial charge in [-0.25, -0.2) is 0 Å². The number of ether oxygens (including phenoxy) is 3. The van der Waals surface area contributed by atoms with Crippen molar-refractivity contribution in [1.82, 2.24) is 4.90 Å². The molecule has 0 aliphatic carbocycles. The molecule has 0 N–H and O–H groups in total. The minimum absolute atomic E-state index is 0.0386. The maximum atomic E-state index is 6.04. The molecule has 1 aromatic carbocycles. The fourth-order valence-electron chi connectivity index (χ4n) is 3.49. The second-order valence-corrected chi connectivity index (χ2v) is 6.10. The zero-order chi connectivity index (χ0) is 14.7. The van der Waals surface area contributed by atoms with E-state index < -0.39 is 0 Å². The molecule has 116 valence electrons. The molecule has 21 heavy (non-hydrogen) atoms. The second-order valence-electron chi connectivity index (χ2n) is 6.10. The lowest BCUT2D eigenvalue weighted by molar-refractivity contribution is -0.198. The third-order valence-electron chi connectivity index (χ3n) is 4.41. The molecule has 0 saturated carbocycles. The summed E-state index contributed by atoms with van der Waals surface area (Å²) in [4.78, 5) is 2.43. The van der Waals surface area contributed by atoms with Crippen LogP contribution < -0.4 is 4.74 Å². The normalized spacial score (nSPS) is 24.8. The van der Waals surface area contributed by atoms with Crippen molar-refractivity contribution < 1.29 is 14.2 Å². The molecule has 2 aliphatic rings. The molecule has 0 amide bonds. The summed E-state index contributed by atoms with van der Waals surface area (Å²) < 4.78 is 17.1. The first-order chi connectivity index (χ1) is 10.2. The average Bonchev–Trinajstić information content (AvgIpc) is 2.47. The number of hydrogen-bond donors (Lipinski definition) is 0. The quantitative estimate of drug-likeness (QED) is 0.834. The molecule has 2 fully saturated rings. The van der Waals surface area contributed by atoms with Gasteiger partial charge < -0.3 is 14.2 Å². The summed E-state index contributed by atoms with van der Waals surface area (Å²) in [6.07, 6.45) is 2.45. The predicted octanol–water partition coefficient (Wildman–Crippen LogP) is 2.47. The van der Waals surface area contributed by atoms with Crippen LogP contribution in [0.5, 0.6) is 5.75 Å². The molecule has 0 radical (unpaired) electrons. The van der Waals surface area contributed by atoms with Crippen molar-refractivity contribution in [1.29, 1.82) is 0 Å². The van der Waals surface area contributed by atoms with Gasteiger partial charge in [-0.15, -0.1) is 0 Å². The van der Waals surface area contributed by atoms with Crippen LogP contribution in [0.3, 0.4) is 0 Å². The first kappa shape index (κ1) is 14.8. The van der Waals surface area contributed by atoms with E-state index in [1.54, 1.807) is 7.11 Å². The molecule has 3 rings (SSSR count). The standard InChI is InChI=1S/C17H25NO3/c1-3-20-16-7-8-21-17(10-16)12-18(13-17)11-14-5-4-6-15(9-14)19-2/h4-6,9,16H,3,7-8,10-13H2,1-2H3. The highest BCUT2D eigenvalue weighted by molar-refractivity contribution is 5.28. The summed E-state index contributed by atoms with van der Waals surface area (Å²) in [5.41, 5.74) is 1.33. The monoisotopic (exact) mass is 291 g/mol. The Labute approximate surface area is 127 Å². The maximum Gasteiger partial charge on any atom is 0.119 e. The Bertz CT molecular complexity index is 469. The van der Waals surface area contributed by atoms with Crippen molar-refractivity contribution >= 4 is 0 Å². The smallest absolute Gasteiger partial charge is 0.119 e. The molecular weight excluding hydrogens is 266 g/mol. The average molecular weight is 291 g/mol. The highest BCUT2D eigenvalue weighted by atomic mass is 16.5. The van der Waals surface area contributed by atoms with Crippen molar-refractivity contribution in [2.75, 3.05) is 33.4 Å². The zero-order valence-electron chi connectivity index (χ0n) is 13.0. The van der Waals surface area contributed by atoms with Gasteiger partial charge in [0, 0.05) is 39.3 Å². The summed E-state index contributed by atoms with van der Waals surface area (Å²) in [6.45, 7) is 6.67. The van der Waals surface area contributed by atoms with E-state index in [-0.39, 0.29) is 5.60 Å². The van der Waals surface area contributed by atoms with Gasteiger partial charge >= 0.3 is 0 Å². The van der Waals surface area contributed by atoms with Gasteiger partial charge in [0.05, 0.1) is 18.8 Å². The molecule has 4 nitrogen and oxygen atoms in total. The first-order valence-corrected chi connectivity index (χ1v) is 7.84. The Morgan fingerprint density at radius 3 is 3.00 bits per heavy atom. The van der Waals surface area contributed by atoms with E-state index >= 15 is 0 Å². The van der Waals surface area contributed by atoms with E-state index in [4.69, 9.17) is 14.2 Å². The fraction of sp³-hybridized carbons (Fsp3) is 0.647. The summed E-state index contributed by atoms with van der Waals surface area (Å²) >= 11 is 0. The molecule has 4 heteroatoms. The van der Waals surface area contributed by atoms with Crippen LogP contribution in [0.15, 0.2) is 24.3 Å². The Balaban J connectivity index is 1.52. The SMILES string of the molecule is CCOC1CCOC2(C1)CN(Cc1cccc(OC)c1)C2. The molecule has 0 aromatic heterocycles. The van der Waals surface area contributed by atoms with Crippen LogP contribution in [0.2, 0.25) is 0 Å². The Morgan fingerprint density at radius 1 is 1.38 bits per heavy atom. The van der Waals surface area contributed by atoms with E-state index in [0.29, 0.717) is 6.10 Å². The fourth-order valence-corrected chi connectivity index (χ4v) is 3.49. The van der Waals surface area contributed by atoms with Gasteiger partial charge in [0.15, 0.2) is 0 Å². The predicted molar refractivity (Wildman–Crippen MR) is 81.6 cm³/mol. The van der Waals surface area contributed by atoms with Crippen molar-refractivity contribution in [2.24, 2.45) is 0 Å². The lowest BCUT2D eigenvalue weighted by Gasteiger charge is -2.53. The molecule has 1 unspecified atom stereocenters. The highest BCUT2D eigenvalue weighted by Gasteiger charge is 2.47. The van der Waals surface area contributed by atoms with E-state index in [2.05, 4.69) is 24.0 Å². The Morgan fingerprint density at radius 2 is 2.24 bits per heavy atom. The van der Waals surface area contributed by atoms with Gasteiger partial charge in [0.1, 0.15) is 5.75 Å². The maximum absolute atomic E-state index is 6.04.